The van der Waals surface area contributed by atoms with Crippen molar-refractivity contribution >= 4 is 17.9 Å². The van der Waals surface area contributed by atoms with Crippen molar-refractivity contribution in [3.63, 3.8) is 0 Å². The van der Waals surface area contributed by atoms with Crippen LogP contribution in [-0.2, 0) is 28.6 Å². The minimum Gasteiger partial charge on any atom is -0.462 e. The molecule has 6 heteroatoms. The number of hydrogen-bond donors (Lipinski definition) is 0. The zero-order chi connectivity index (χ0) is 50.0. The van der Waals surface area contributed by atoms with E-state index in [4.69, 9.17) is 14.2 Å². The first-order valence-electron chi connectivity index (χ1n) is 30.5. The monoisotopic (exact) mass is 969 g/mol. The van der Waals surface area contributed by atoms with Crippen LogP contribution in [0.5, 0.6) is 0 Å². The summed E-state index contributed by atoms with van der Waals surface area (Å²) in [6.07, 6.45) is 70.0. The number of ether oxygens (including phenoxy) is 3. The Bertz CT molecular complexity index is 1160. The highest BCUT2D eigenvalue weighted by molar-refractivity contribution is 5.71. The Labute approximate surface area is 429 Å². The zero-order valence-corrected chi connectivity index (χ0v) is 46.3. The molecular weight excluding hydrogens is 853 g/mol. The third-order valence-electron chi connectivity index (χ3n) is 13.6. The van der Waals surface area contributed by atoms with Crippen LogP contribution in [0.15, 0.2) is 36.5 Å². The highest BCUT2D eigenvalue weighted by atomic mass is 16.6. The lowest BCUT2D eigenvalue weighted by Crippen LogP contribution is -2.30. The number of unbranched alkanes of at least 4 members (excludes halogenated alkanes) is 39. The summed E-state index contributed by atoms with van der Waals surface area (Å²) in [5, 5.41) is 0. The van der Waals surface area contributed by atoms with Crippen LogP contribution >= 0.6 is 0 Å². The lowest BCUT2D eigenvalue weighted by molar-refractivity contribution is -0.167. The van der Waals surface area contributed by atoms with Gasteiger partial charge in [0.25, 0.3) is 0 Å². The first-order valence-corrected chi connectivity index (χ1v) is 30.5. The zero-order valence-electron chi connectivity index (χ0n) is 46.3. The van der Waals surface area contributed by atoms with Crippen molar-refractivity contribution in [2.24, 2.45) is 0 Å². The second-order valence-corrected chi connectivity index (χ2v) is 20.6. The number of esters is 3. The maximum atomic E-state index is 12.8. The molecule has 0 aliphatic rings. The summed E-state index contributed by atoms with van der Waals surface area (Å²) in [5.74, 6) is -0.881. The standard InChI is InChI=1S/C63H116O6/c1-4-7-10-13-16-19-22-25-27-28-29-30-31-32-33-34-36-38-41-44-47-50-53-56-62(65)68-59-60(58-67-61(64)55-52-49-46-43-40-37-24-21-18-15-12-9-6-3)69-63(66)57-54-51-48-45-42-39-35-26-23-20-17-14-11-8-5-2/h17,20-21,24,26,35,60H,4-16,18-19,22-23,25,27-34,36-59H2,1-3H3/b20-17-,24-21-,35-26-. The molecule has 0 aliphatic carbocycles. The molecule has 0 aromatic rings. The molecule has 0 bridgehead atoms. The molecule has 1 unspecified atom stereocenters. The molecule has 0 radical (unpaired) electrons. The van der Waals surface area contributed by atoms with Gasteiger partial charge >= 0.3 is 17.9 Å². The van der Waals surface area contributed by atoms with Gasteiger partial charge in [-0.2, -0.15) is 0 Å². The van der Waals surface area contributed by atoms with Gasteiger partial charge in [0.1, 0.15) is 13.2 Å². The summed E-state index contributed by atoms with van der Waals surface area (Å²) in [6.45, 7) is 6.63. The fraction of sp³-hybridized carbons (Fsp3) is 0.857. The summed E-state index contributed by atoms with van der Waals surface area (Å²) in [7, 11) is 0. The Balaban J connectivity index is 4.26. The Morgan fingerprint density at radius 1 is 0.290 bits per heavy atom. The topological polar surface area (TPSA) is 78.9 Å². The van der Waals surface area contributed by atoms with Crippen LogP contribution in [0.1, 0.15) is 329 Å². The summed E-state index contributed by atoms with van der Waals surface area (Å²) in [6, 6.07) is 0. The normalized spacial score (nSPS) is 12.2. The van der Waals surface area contributed by atoms with Crippen molar-refractivity contribution in [3.05, 3.63) is 36.5 Å². The van der Waals surface area contributed by atoms with Crippen LogP contribution in [0.25, 0.3) is 0 Å². The average Bonchev–Trinajstić information content (AvgIpc) is 3.35. The maximum absolute atomic E-state index is 12.8. The number of allylic oxidation sites excluding steroid dienone is 6. The minimum absolute atomic E-state index is 0.0768. The highest BCUT2D eigenvalue weighted by Crippen LogP contribution is 2.17. The van der Waals surface area contributed by atoms with Gasteiger partial charge in [-0.15, -0.1) is 0 Å². The smallest absolute Gasteiger partial charge is 0.306 e. The largest absolute Gasteiger partial charge is 0.462 e. The van der Waals surface area contributed by atoms with Crippen molar-refractivity contribution < 1.29 is 28.6 Å². The molecule has 0 aliphatic heterocycles. The van der Waals surface area contributed by atoms with E-state index >= 15 is 0 Å². The number of carbonyl (C=O) groups excluding carboxylic acids is 3. The van der Waals surface area contributed by atoms with E-state index in [2.05, 4.69) is 57.2 Å². The second-order valence-electron chi connectivity index (χ2n) is 20.6. The maximum Gasteiger partial charge on any atom is 0.306 e. The van der Waals surface area contributed by atoms with Crippen LogP contribution in [0.2, 0.25) is 0 Å². The first-order chi connectivity index (χ1) is 34.0. The van der Waals surface area contributed by atoms with E-state index in [9.17, 15) is 14.4 Å². The second kappa shape index (κ2) is 58.2. The molecule has 0 N–H and O–H groups in total. The molecule has 0 aromatic heterocycles. The summed E-state index contributed by atoms with van der Waals surface area (Å²) in [4.78, 5) is 38.2. The number of rotatable bonds is 56. The SMILES string of the molecule is CCCCC/C=C\C/C=C\CCCCCCCC(=O)OC(COC(=O)CCCCCCC/C=C\CCCCCC)COC(=O)CCCCCCCCCCCCCCCCCCCCCCCCC. The van der Waals surface area contributed by atoms with E-state index in [1.165, 1.54) is 199 Å². The molecule has 0 spiro atoms. The molecule has 0 heterocycles. The van der Waals surface area contributed by atoms with Crippen LogP contribution in [0, 0.1) is 0 Å². The third-order valence-corrected chi connectivity index (χ3v) is 13.6. The molecule has 69 heavy (non-hydrogen) atoms. The third kappa shape index (κ3) is 56.4. The van der Waals surface area contributed by atoms with Crippen LogP contribution in [0.3, 0.4) is 0 Å². The van der Waals surface area contributed by atoms with E-state index in [1.807, 2.05) is 0 Å². The van der Waals surface area contributed by atoms with Crippen LogP contribution < -0.4 is 0 Å². The van der Waals surface area contributed by atoms with E-state index in [0.29, 0.717) is 19.3 Å². The summed E-state index contributed by atoms with van der Waals surface area (Å²) in [5.41, 5.74) is 0. The van der Waals surface area contributed by atoms with Crippen molar-refractivity contribution in [1.29, 1.82) is 0 Å². The van der Waals surface area contributed by atoms with Gasteiger partial charge in [-0.3, -0.25) is 14.4 Å². The fourth-order valence-corrected chi connectivity index (χ4v) is 9.00. The van der Waals surface area contributed by atoms with Gasteiger partial charge in [0.15, 0.2) is 6.10 Å². The molecule has 0 saturated carbocycles. The van der Waals surface area contributed by atoms with Crippen LogP contribution in [-0.4, -0.2) is 37.2 Å². The fourth-order valence-electron chi connectivity index (χ4n) is 9.00. The molecule has 0 saturated heterocycles. The first kappa shape index (κ1) is 66.6. The molecule has 404 valence electrons. The van der Waals surface area contributed by atoms with Crippen molar-refractivity contribution in [3.8, 4) is 0 Å². The van der Waals surface area contributed by atoms with Crippen molar-refractivity contribution in [2.45, 2.75) is 335 Å². The van der Waals surface area contributed by atoms with E-state index < -0.39 is 6.10 Å². The highest BCUT2D eigenvalue weighted by Gasteiger charge is 2.19. The molecule has 6 nitrogen and oxygen atoms in total. The molecule has 1 atom stereocenters. The van der Waals surface area contributed by atoms with E-state index in [1.54, 1.807) is 0 Å². The van der Waals surface area contributed by atoms with Gasteiger partial charge in [-0.1, -0.05) is 269 Å². The lowest BCUT2D eigenvalue weighted by Gasteiger charge is -2.18. The predicted molar refractivity (Wildman–Crippen MR) is 298 cm³/mol. The molecular formula is C63H116O6. The van der Waals surface area contributed by atoms with E-state index in [0.717, 1.165) is 89.9 Å². The van der Waals surface area contributed by atoms with Gasteiger partial charge < -0.3 is 14.2 Å². The Morgan fingerprint density at radius 3 is 0.855 bits per heavy atom. The van der Waals surface area contributed by atoms with Crippen LogP contribution in [0.4, 0.5) is 0 Å². The van der Waals surface area contributed by atoms with Crippen molar-refractivity contribution in [2.75, 3.05) is 13.2 Å². The molecule has 0 aromatic carbocycles. The molecule has 0 rings (SSSR count). The number of carbonyl (C=O) groups is 3. The van der Waals surface area contributed by atoms with Gasteiger partial charge in [-0.05, 0) is 77.0 Å². The van der Waals surface area contributed by atoms with Gasteiger partial charge in [0, 0.05) is 19.3 Å². The Morgan fingerprint density at radius 2 is 0.522 bits per heavy atom. The molecule has 0 fully saturated rings. The van der Waals surface area contributed by atoms with E-state index in [-0.39, 0.29) is 31.1 Å². The summed E-state index contributed by atoms with van der Waals surface area (Å²) < 4.78 is 16.9. The Kier molecular flexibility index (Phi) is 56.2. The van der Waals surface area contributed by atoms with Gasteiger partial charge in [0.2, 0.25) is 0 Å². The lowest BCUT2D eigenvalue weighted by atomic mass is 10.0. The van der Waals surface area contributed by atoms with Crippen molar-refractivity contribution in [1.82, 2.24) is 0 Å². The number of hydrogen-bond acceptors (Lipinski definition) is 6. The predicted octanol–water partition coefficient (Wildman–Crippen LogP) is 20.4. The minimum atomic E-state index is -0.780. The molecule has 0 amide bonds. The average molecular weight is 970 g/mol. The quantitative estimate of drug-likeness (QED) is 0.0261. The Hall–Kier alpha value is -2.37. The van der Waals surface area contributed by atoms with Gasteiger partial charge in [0.05, 0.1) is 0 Å². The summed E-state index contributed by atoms with van der Waals surface area (Å²) >= 11 is 0. The van der Waals surface area contributed by atoms with Gasteiger partial charge in [-0.25, -0.2) is 0 Å².